The van der Waals surface area contributed by atoms with E-state index in [1.807, 2.05) is 11.3 Å². The molecule has 0 spiro atoms. The number of thiophene rings is 1. The number of rotatable bonds is 5. The Kier molecular flexibility index (Phi) is 5.01. The summed E-state index contributed by atoms with van der Waals surface area (Å²) in [6.45, 7) is 8.35. The molecule has 0 amide bonds. The fourth-order valence-corrected chi connectivity index (χ4v) is 3.36. The van der Waals surface area contributed by atoms with Gasteiger partial charge in [0.15, 0.2) is 0 Å². The van der Waals surface area contributed by atoms with Crippen molar-refractivity contribution >= 4 is 11.3 Å². The molecule has 1 saturated heterocycles. The second-order valence-corrected chi connectivity index (χ2v) is 6.00. The van der Waals surface area contributed by atoms with Gasteiger partial charge in [-0.05, 0) is 57.3 Å². The monoisotopic (exact) mass is 252 g/mol. The Morgan fingerprint density at radius 2 is 2.24 bits per heavy atom. The first-order valence-corrected chi connectivity index (χ1v) is 7.69. The van der Waals surface area contributed by atoms with E-state index in [-0.39, 0.29) is 0 Å². The van der Waals surface area contributed by atoms with Gasteiger partial charge in [-0.1, -0.05) is 13.0 Å². The average molecular weight is 252 g/mol. The molecule has 2 nitrogen and oxygen atoms in total. The predicted molar refractivity (Wildman–Crippen MR) is 75.6 cm³/mol. The molecular formula is C14H24N2S. The van der Waals surface area contributed by atoms with Gasteiger partial charge in [-0.3, -0.25) is 0 Å². The highest BCUT2D eigenvalue weighted by Gasteiger charge is 2.20. The maximum absolute atomic E-state index is 3.77. The first-order valence-electron chi connectivity index (χ1n) is 6.81. The van der Waals surface area contributed by atoms with Crippen molar-refractivity contribution in [2.45, 2.75) is 45.2 Å². The van der Waals surface area contributed by atoms with E-state index in [1.54, 1.807) is 0 Å². The van der Waals surface area contributed by atoms with Gasteiger partial charge in [0, 0.05) is 17.0 Å². The molecule has 1 aromatic heterocycles. The molecule has 1 N–H and O–H groups in total. The van der Waals surface area contributed by atoms with Gasteiger partial charge in [0.05, 0.1) is 0 Å². The lowest BCUT2D eigenvalue weighted by molar-refractivity contribution is 0.193. The molecule has 0 aliphatic carbocycles. The highest BCUT2D eigenvalue weighted by Crippen LogP contribution is 2.21. The molecular weight excluding hydrogens is 228 g/mol. The Balaban J connectivity index is 1.74. The number of likely N-dealkylation sites (tertiary alicyclic amines) is 1. The van der Waals surface area contributed by atoms with Crippen molar-refractivity contribution < 1.29 is 0 Å². The van der Waals surface area contributed by atoms with Crippen LogP contribution in [0.25, 0.3) is 0 Å². The van der Waals surface area contributed by atoms with Crippen LogP contribution in [0.2, 0.25) is 0 Å². The van der Waals surface area contributed by atoms with E-state index in [4.69, 9.17) is 0 Å². The minimum absolute atomic E-state index is 0.512. The Hall–Kier alpha value is -0.380. The Labute approximate surface area is 109 Å². The topological polar surface area (TPSA) is 15.3 Å². The third-order valence-corrected chi connectivity index (χ3v) is 4.64. The molecule has 0 aromatic carbocycles. The Morgan fingerprint density at radius 3 is 2.82 bits per heavy atom. The first kappa shape index (κ1) is 13.1. The van der Waals surface area contributed by atoms with Gasteiger partial charge >= 0.3 is 0 Å². The van der Waals surface area contributed by atoms with Gasteiger partial charge in [0.1, 0.15) is 0 Å². The number of nitrogens with zero attached hydrogens (tertiary/aromatic N) is 1. The summed E-state index contributed by atoms with van der Waals surface area (Å²) in [5.74, 6) is 0. The number of piperidine rings is 1. The number of hydrogen-bond donors (Lipinski definition) is 1. The largest absolute Gasteiger partial charge is 0.307 e. The van der Waals surface area contributed by atoms with E-state index in [0.29, 0.717) is 12.1 Å². The molecule has 1 aliphatic rings. The highest BCUT2D eigenvalue weighted by molar-refractivity contribution is 7.10. The average Bonchev–Trinajstić information content (AvgIpc) is 2.86. The van der Waals surface area contributed by atoms with E-state index < -0.39 is 0 Å². The molecule has 3 heteroatoms. The molecule has 17 heavy (non-hydrogen) atoms. The van der Waals surface area contributed by atoms with E-state index in [9.17, 15) is 0 Å². The van der Waals surface area contributed by atoms with Crippen LogP contribution < -0.4 is 5.32 Å². The maximum atomic E-state index is 3.77. The van der Waals surface area contributed by atoms with Crippen molar-refractivity contribution in [3.63, 3.8) is 0 Å². The lowest BCUT2D eigenvalue weighted by atomic mass is 10.0. The smallest absolute Gasteiger partial charge is 0.0388 e. The molecule has 0 unspecified atom stereocenters. The molecule has 1 aromatic rings. The van der Waals surface area contributed by atoms with Crippen molar-refractivity contribution in [2.75, 3.05) is 19.6 Å². The van der Waals surface area contributed by atoms with Gasteiger partial charge in [-0.15, -0.1) is 11.3 Å². The second kappa shape index (κ2) is 6.53. The summed E-state index contributed by atoms with van der Waals surface area (Å²) in [7, 11) is 0. The van der Waals surface area contributed by atoms with E-state index in [1.165, 1.54) is 43.8 Å². The third kappa shape index (κ3) is 3.80. The van der Waals surface area contributed by atoms with Gasteiger partial charge in [0.2, 0.25) is 0 Å². The normalized spacial score (nSPS) is 20.6. The fraction of sp³-hybridized carbons (Fsp3) is 0.714. The zero-order chi connectivity index (χ0) is 12.1. The lowest BCUT2D eigenvalue weighted by Crippen LogP contribution is -2.43. The standard InChI is InChI=1S/C14H24N2S/c1-3-8-16-9-6-13(7-10-16)15-12(2)14-5-4-11-17-14/h4-5,11-13,15H,3,6-10H2,1-2H3/t12-/m1/s1. The highest BCUT2D eigenvalue weighted by atomic mass is 32.1. The molecule has 0 radical (unpaired) electrons. The van der Waals surface area contributed by atoms with Crippen molar-refractivity contribution in [3.8, 4) is 0 Å². The third-order valence-electron chi connectivity index (χ3n) is 3.58. The summed E-state index contributed by atoms with van der Waals surface area (Å²) in [5.41, 5.74) is 0. The zero-order valence-corrected chi connectivity index (χ0v) is 11.8. The van der Waals surface area contributed by atoms with E-state index in [2.05, 4.69) is 41.6 Å². The summed E-state index contributed by atoms with van der Waals surface area (Å²) >= 11 is 1.86. The van der Waals surface area contributed by atoms with Crippen molar-refractivity contribution in [3.05, 3.63) is 22.4 Å². The molecule has 2 heterocycles. The predicted octanol–water partition coefficient (Wildman–Crippen LogP) is 3.27. The summed E-state index contributed by atoms with van der Waals surface area (Å²) in [4.78, 5) is 4.05. The van der Waals surface area contributed by atoms with Crippen molar-refractivity contribution in [1.82, 2.24) is 10.2 Å². The molecule has 2 rings (SSSR count). The summed E-state index contributed by atoms with van der Waals surface area (Å²) in [5, 5.41) is 5.93. The van der Waals surface area contributed by atoms with Gasteiger partial charge < -0.3 is 10.2 Å². The zero-order valence-electron chi connectivity index (χ0n) is 11.0. The van der Waals surface area contributed by atoms with Crippen LogP contribution in [0.3, 0.4) is 0 Å². The van der Waals surface area contributed by atoms with E-state index >= 15 is 0 Å². The second-order valence-electron chi connectivity index (χ2n) is 5.02. The van der Waals surface area contributed by atoms with Crippen LogP contribution in [-0.2, 0) is 0 Å². The molecule has 1 aliphatic heterocycles. The van der Waals surface area contributed by atoms with Crippen LogP contribution in [0, 0.1) is 0 Å². The molecule has 0 saturated carbocycles. The summed E-state index contributed by atoms with van der Waals surface area (Å²) in [6, 6.07) is 5.59. The van der Waals surface area contributed by atoms with E-state index in [0.717, 1.165) is 0 Å². The summed E-state index contributed by atoms with van der Waals surface area (Å²) < 4.78 is 0. The minimum atomic E-state index is 0.512. The van der Waals surface area contributed by atoms with Crippen LogP contribution >= 0.6 is 11.3 Å². The van der Waals surface area contributed by atoms with Gasteiger partial charge in [-0.25, -0.2) is 0 Å². The molecule has 1 fully saturated rings. The minimum Gasteiger partial charge on any atom is -0.307 e. The van der Waals surface area contributed by atoms with Crippen LogP contribution in [-0.4, -0.2) is 30.6 Å². The lowest BCUT2D eigenvalue weighted by Gasteiger charge is -2.33. The van der Waals surface area contributed by atoms with Gasteiger partial charge in [-0.2, -0.15) is 0 Å². The molecule has 0 bridgehead atoms. The maximum Gasteiger partial charge on any atom is 0.0388 e. The van der Waals surface area contributed by atoms with Crippen molar-refractivity contribution in [2.24, 2.45) is 0 Å². The van der Waals surface area contributed by atoms with Crippen LogP contribution in [0.4, 0.5) is 0 Å². The Bertz CT molecular complexity index is 302. The number of nitrogens with one attached hydrogen (secondary N) is 1. The Morgan fingerprint density at radius 1 is 1.47 bits per heavy atom. The molecule has 96 valence electrons. The quantitative estimate of drug-likeness (QED) is 0.865. The fourth-order valence-electron chi connectivity index (χ4n) is 2.61. The summed E-state index contributed by atoms with van der Waals surface area (Å²) in [6.07, 6.45) is 3.88. The SMILES string of the molecule is CCCN1CCC(N[C@H](C)c2cccs2)CC1. The van der Waals surface area contributed by atoms with Crippen LogP contribution in [0.15, 0.2) is 17.5 Å². The van der Waals surface area contributed by atoms with Crippen LogP contribution in [0.5, 0.6) is 0 Å². The van der Waals surface area contributed by atoms with Crippen molar-refractivity contribution in [1.29, 1.82) is 0 Å². The first-order chi connectivity index (χ1) is 8.29. The number of hydrogen-bond acceptors (Lipinski definition) is 3. The van der Waals surface area contributed by atoms with Crippen LogP contribution in [0.1, 0.15) is 44.0 Å². The molecule has 1 atom stereocenters. The van der Waals surface area contributed by atoms with Gasteiger partial charge in [0.25, 0.3) is 0 Å².